The Morgan fingerprint density at radius 1 is 1.19 bits per heavy atom. The van der Waals surface area contributed by atoms with E-state index in [9.17, 15) is 0 Å². The summed E-state index contributed by atoms with van der Waals surface area (Å²) in [6.07, 6.45) is 4.74. The number of benzene rings is 1. The molecule has 4 rings (SSSR count). The Kier molecular flexibility index (Phi) is 5.20. The van der Waals surface area contributed by atoms with Gasteiger partial charge in [-0.05, 0) is 35.7 Å². The van der Waals surface area contributed by atoms with Crippen molar-refractivity contribution in [2.24, 2.45) is 5.92 Å². The van der Waals surface area contributed by atoms with E-state index in [-0.39, 0.29) is 5.60 Å². The van der Waals surface area contributed by atoms with E-state index < -0.39 is 0 Å². The van der Waals surface area contributed by atoms with Gasteiger partial charge in [-0.1, -0.05) is 18.2 Å². The van der Waals surface area contributed by atoms with E-state index in [2.05, 4.69) is 22.0 Å². The van der Waals surface area contributed by atoms with E-state index in [1.807, 2.05) is 30.5 Å². The second-order valence-corrected chi connectivity index (χ2v) is 7.27. The molecule has 138 valence electrons. The van der Waals surface area contributed by atoms with Crippen LogP contribution in [0.25, 0.3) is 0 Å². The van der Waals surface area contributed by atoms with Crippen molar-refractivity contribution in [1.29, 1.82) is 0 Å². The Labute approximate surface area is 154 Å². The molecule has 0 unspecified atom stereocenters. The van der Waals surface area contributed by atoms with Crippen molar-refractivity contribution in [2.75, 3.05) is 33.4 Å². The lowest BCUT2D eigenvalue weighted by molar-refractivity contribution is -0.146. The van der Waals surface area contributed by atoms with E-state index in [4.69, 9.17) is 14.2 Å². The summed E-state index contributed by atoms with van der Waals surface area (Å²) in [5.74, 6) is 1.38. The topological polar surface area (TPSA) is 43.8 Å². The maximum Gasteiger partial charge on any atom is 0.118 e. The minimum atomic E-state index is -0.0125. The zero-order chi connectivity index (χ0) is 17.8. The zero-order valence-electron chi connectivity index (χ0n) is 15.3. The van der Waals surface area contributed by atoms with Crippen molar-refractivity contribution >= 4 is 0 Å². The van der Waals surface area contributed by atoms with E-state index in [1.54, 1.807) is 13.3 Å². The first-order valence-electron chi connectivity index (χ1n) is 9.23. The van der Waals surface area contributed by atoms with Crippen molar-refractivity contribution in [3.8, 4) is 5.75 Å². The zero-order valence-corrected chi connectivity index (χ0v) is 15.3. The predicted octanol–water partition coefficient (Wildman–Crippen LogP) is 2.90. The number of hydrogen-bond donors (Lipinski definition) is 0. The van der Waals surface area contributed by atoms with Gasteiger partial charge in [-0.2, -0.15) is 0 Å². The van der Waals surface area contributed by atoms with Gasteiger partial charge in [0.1, 0.15) is 5.75 Å². The molecule has 2 aliphatic heterocycles. The predicted molar refractivity (Wildman–Crippen MR) is 99.0 cm³/mol. The summed E-state index contributed by atoms with van der Waals surface area (Å²) in [6.45, 7) is 5.15. The minimum absolute atomic E-state index is 0.0125. The van der Waals surface area contributed by atoms with Crippen LogP contribution in [0.2, 0.25) is 0 Å². The van der Waals surface area contributed by atoms with Gasteiger partial charge in [0.15, 0.2) is 0 Å². The molecular formula is C21H26N2O3. The first-order chi connectivity index (χ1) is 12.8. The van der Waals surface area contributed by atoms with Crippen molar-refractivity contribution in [1.82, 2.24) is 9.88 Å². The first kappa shape index (κ1) is 17.5. The Balaban J connectivity index is 1.26. The Morgan fingerprint density at radius 2 is 2.04 bits per heavy atom. The third kappa shape index (κ3) is 3.75. The van der Waals surface area contributed by atoms with Crippen LogP contribution in [0.1, 0.15) is 17.5 Å². The standard InChI is InChI=1S/C21H26N2O3/c1-24-20-6-4-17(5-7-20)12-23-15-21(16-23)19(8-10-26-21)14-25-13-18-3-2-9-22-11-18/h2-7,9,11,19H,8,10,12-16H2,1H3/t19-/m1/s1. The number of hydrogen-bond acceptors (Lipinski definition) is 5. The lowest BCUT2D eigenvalue weighted by Gasteiger charge is -2.50. The number of rotatable bonds is 7. The second kappa shape index (κ2) is 7.74. The van der Waals surface area contributed by atoms with Crippen LogP contribution >= 0.6 is 0 Å². The van der Waals surface area contributed by atoms with Gasteiger partial charge in [0.05, 0.1) is 25.9 Å². The molecule has 2 saturated heterocycles. The summed E-state index contributed by atoms with van der Waals surface area (Å²) >= 11 is 0. The van der Waals surface area contributed by atoms with Crippen molar-refractivity contribution < 1.29 is 14.2 Å². The van der Waals surface area contributed by atoms with Crippen LogP contribution in [-0.4, -0.2) is 48.9 Å². The molecule has 1 atom stereocenters. The van der Waals surface area contributed by atoms with Crippen LogP contribution in [0.5, 0.6) is 5.75 Å². The van der Waals surface area contributed by atoms with Gasteiger partial charge in [-0.15, -0.1) is 0 Å². The van der Waals surface area contributed by atoms with E-state index in [0.29, 0.717) is 12.5 Å². The molecule has 2 aromatic rings. The average molecular weight is 354 g/mol. The Hall–Kier alpha value is -1.95. The molecule has 1 aromatic heterocycles. The van der Waals surface area contributed by atoms with Crippen LogP contribution in [0.15, 0.2) is 48.8 Å². The van der Waals surface area contributed by atoms with Crippen LogP contribution in [0.3, 0.4) is 0 Å². The monoisotopic (exact) mass is 354 g/mol. The second-order valence-electron chi connectivity index (χ2n) is 7.27. The molecule has 5 heteroatoms. The molecule has 1 aromatic carbocycles. The highest BCUT2D eigenvalue weighted by molar-refractivity contribution is 5.27. The quantitative estimate of drug-likeness (QED) is 0.765. The summed E-state index contributed by atoms with van der Waals surface area (Å²) < 4.78 is 17.3. The van der Waals surface area contributed by atoms with Crippen LogP contribution in [-0.2, 0) is 22.6 Å². The number of methoxy groups -OCH3 is 1. The summed E-state index contributed by atoms with van der Waals surface area (Å²) in [5.41, 5.74) is 2.42. The van der Waals surface area contributed by atoms with Gasteiger partial charge in [-0.25, -0.2) is 0 Å². The van der Waals surface area contributed by atoms with Gasteiger partial charge in [0.25, 0.3) is 0 Å². The molecule has 26 heavy (non-hydrogen) atoms. The van der Waals surface area contributed by atoms with Crippen molar-refractivity contribution in [3.05, 3.63) is 59.9 Å². The minimum Gasteiger partial charge on any atom is -0.497 e. The van der Waals surface area contributed by atoms with Gasteiger partial charge in [-0.3, -0.25) is 9.88 Å². The number of nitrogens with zero attached hydrogens (tertiary/aromatic N) is 2. The van der Waals surface area contributed by atoms with Gasteiger partial charge >= 0.3 is 0 Å². The largest absolute Gasteiger partial charge is 0.497 e. The molecule has 0 saturated carbocycles. The summed E-state index contributed by atoms with van der Waals surface area (Å²) in [6, 6.07) is 12.3. The Bertz CT molecular complexity index is 699. The highest BCUT2D eigenvalue weighted by Gasteiger charge is 2.52. The SMILES string of the molecule is COc1ccc(CN2CC3(C2)OCC[C@@H]3COCc2cccnc2)cc1. The summed E-state index contributed by atoms with van der Waals surface area (Å²) in [4.78, 5) is 6.58. The average Bonchev–Trinajstić information content (AvgIpc) is 3.07. The lowest BCUT2D eigenvalue weighted by Crippen LogP contribution is -2.64. The fourth-order valence-electron chi connectivity index (χ4n) is 3.98. The highest BCUT2D eigenvalue weighted by atomic mass is 16.5. The third-order valence-electron chi connectivity index (χ3n) is 5.46. The van der Waals surface area contributed by atoms with Gasteiger partial charge < -0.3 is 14.2 Å². The Morgan fingerprint density at radius 3 is 2.77 bits per heavy atom. The molecule has 0 radical (unpaired) electrons. The molecule has 2 fully saturated rings. The maximum absolute atomic E-state index is 6.14. The van der Waals surface area contributed by atoms with Crippen LogP contribution in [0.4, 0.5) is 0 Å². The normalized spacial score (nSPS) is 21.7. The van der Waals surface area contributed by atoms with Crippen molar-refractivity contribution in [2.45, 2.75) is 25.2 Å². The summed E-state index contributed by atoms with van der Waals surface area (Å²) in [5, 5.41) is 0. The molecule has 5 nitrogen and oxygen atoms in total. The lowest BCUT2D eigenvalue weighted by atomic mass is 9.81. The fourth-order valence-corrected chi connectivity index (χ4v) is 3.98. The summed E-state index contributed by atoms with van der Waals surface area (Å²) in [7, 11) is 1.70. The molecule has 3 heterocycles. The number of ether oxygens (including phenoxy) is 3. The molecule has 0 aliphatic carbocycles. The molecule has 0 amide bonds. The molecule has 1 spiro atoms. The maximum atomic E-state index is 6.14. The number of likely N-dealkylation sites (tertiary alicyclic amines) is 1. The van der Waals surface area contributed by atoms with Gasteiger partial charge in [0, 0.05) is 44.6 Å². The highest BCUT2D eigenvalue weighted by Crippen LogP contribution is 2.40. The van der Waals surface area contributed by atoms with E-state index in [1.165, 1.54) is 5.56 Å². The molecule has 0 bridgehead atoms. The molecule has 2 aliphatic rings. The van der Waals surface area contributed by atoms with Crippen molar-refractivity contribution in [3.63, 3.8) is 0 Å². The van der Waals surface area contributed by atoms with Gasteiger partial charge in [0.2, 0.25) is 0 Å². The smallest absolute Gasteiger partial charge is 0.118 e. The first-order valence-corrected chi connectivity index (χ1v) is 9.23. The fraction of sp³-hybridized carbons (Fsp3) is 0.476. The third-order valence-corrected chi connectivity index (χ3v) is 5.46. The molecule has 0 N–H and O–H groups in total. The number of pyridine rings is 1. The number of aromatic nitrogens is 1. The van der Waals surface area contributed by atoms with Crippen LogP contribution < -0.4 is 4.74 Å². The van der Waals surface area contributed by atoms with Crippen LogP contribution in [0, 0.1) is 5.92 Å². The van der Waals surface area contributed by atoms with E-state index >= 15 is 0 Å². The molecular weight excluding hydrogens is 328 g/mol. The van der Waals surface area contributed by atoms with E-state index in [0.717, 1.165) is 50.6 Å².